The first-order valence-electron chi connectivity index (χ1n) is 5.80. The van der Waals surface area contributed by atoms with E-state index in [2.05, 4.69) is 20.2 Å². The molecule has 1 aromatic heterocycles. The highest BCUT2D eigenvalue weighted by atomic mass is 16.1. The minimum Gasteiger partial charge on any atom is -0.314 e. The van der Waals surface area contributed by atoms with E-state index in [9.17, 15) is 4.79 Å². The molecule has 1 saturated heterocycles. The number of nitrogens with zero attached hydrogens (tertiary/aromatic N) is 2. The van der Waals surface area contributed by atoms with Gasteiger partial charge in [0.2, 0.25) is 0 Å². The summed E-state index contributed by atoms with van der Waals surface area (Å²) in [5, 5.41) is 3.30. The van der Waals surface area contributed by atoms with Crippen LogP contribution in [-0.4, -0.2) is 41.0 Å². The molecule has 0 spiro atoms. The summed E-state index contributed by atoms with van der Waals surface area (Å²) < 4.78 is 0. The predicted octanol–water partition coefficient (Wildman–Crippen LogP) is -0.262. The van der Waals surface area contributed by atoms with E-state index in [0.29, 0.717) is 0 Å². The van der Waals surface area contributed by atoms with Crippen molar-refractivity contribution in [1.82, 2.24) is 20.2 Å². The van der Waals surface area contributed by atoms with Gasteiger partial charge in [-0.05, 0) is 0 Å². The minimum atomic E-state index is -0.0445. The molecule has 2 N–H and O–H groups in total. The number of aryl methyl sites for hydroxylation is 1. The molecule has 0 amide bonds. The lowest BCUT2D eigenvalue weighted by molar-refractivity contribution is 0.230. The Bertz CT molecular complexity index is 395. The van der Waals surface area contributed by atoms with Gasteiger partial charge in [0.25, 0.3) is 5.56 Å². The molecule has 1 fully saturated rings. The van der Waals surface area contributed by atoms with Crippen LogP contribution in [0, 0.1) is 0 Å². The van der Waals surface area contributed by atoms with Crippen molar-refractivity contribution in [2.75, 3.05) is 26.2 Å². The van der Waals surface area contributed by atoms with Crippen molar-refractivity contribution >= 4 is 0 Å². The second-order valence-electron chi connectivity index (χ2n) is 4.06. The Morgan fingerprint density at radius 2 is 2.19 bits per heavy atom. The van der Waals surface area contributed by atoms with Crippen LogP contribution >= 0.6 is 0 Å². The van der Waals surface area contributed by atoms with Crippen LogP contribution in [0.5, 0.6) is 0 Å². The van der Waals surface area contributed by atoms with E-state index in [-0.39, 0.29) is 5.56 Å². The molecule has 2 heterocycles. The Morgan fingerprint density at radius 1 is 1.44 bits per heavy atom. The third-order valence-electron chi connectivity index (χ3n) is 2.77. The van der Waals surface area contributed by atoms with Crippen molar-refractivity contribution in [1.29, 1.82) is 0 Å². The molecule has 1 aliphatic rings. The van der Waals surface area contributed by atoms with Crippen molar-refractivity contribution in [3.8, 4) is 0 Å². The number of H-pyrrole nitrogens is 1. The monoisotopic (exact) mass is 222 g/mol. The molecule has 5 heteroatoms. The van der Waals surface area contributed by atoms with Gasteiger partial charge < -0.3 is 10.3 Å². The summed E-state index contributed by atoms with van der Waals surface area (Å²) in [7, 11) is 0. The molecule has 2 rings (SSSR count). The summed E-state index contributed by atoms with van der Waals surface area (Å²) in [6, 6.07) is 1.60. The maximum absolute atomic E-state index is 11.4. The van der Waals surface area contributed by atoms with E-state index in [1.54, 1.807) is 6.07 Å². The molecule has 0 aromatic carbocycles. The Balaban J connectivity index is 2.07. The zero-order chi connectivity index (χ0) is 11.4. The third-order valence-corrected chi connectivity index (χ3v) is 2.77. The van der Waals surface area contributed by atoms with Crippen molar-refractivity contribution in [3.05, 3.63) is 27.9 Å². The quantitative estimate of drug-likeness (QED) is 0.739. The van der Waals surface area contributed by atoms with E-state index in [4.69, 9.17) is 0 Å². The summed E-state index contributed by atoms with van der Waals surface area (Å²) >= 11 is 0. The summed E-state index contributed by atoms with van der Waals surface area (Å²) in [4.78, 5) is 20.9. The molecule has 1 aliphatic heterocycles. The first kappa shape index (κ1) is 11.3. The Kier molecular flexibility index (Phi) is 3.69. The number of aromatic amines is 1. The minimum absolute atomic E-state index is 0.0445. The molecule has 0 saturated carbocycles. The van der Waals surface area contributed by atoms with Crippen molar-refractivity contribution < 1.29 is 0 Å². The molecule has 0 atom stereocenters. The summed E-state index contributed by atoms with van der Waals surface area (Å²) in [5.74, 6) is 0.776. The molecular formula is C11H18N4O. The first-order chi connectivity index (χ1) is 7.78. The molecule has 1 aromatic rings. The zero-order valence-corrected chi connectivity index (χ0v) is 9.62. The Morgan fingerprint density at radius 3 is 2.88 bits per heavy atom. The molecule has 88 valence electrons. The van der Waals surface area contributed by atoms with Crippen LogP contribution in [-0.2, 0) is 13.0 Å². The van der Waals surface area contributed by atoms with Gasteiger partial charge in [-0.1, -0.05) is 6.92 Å². The van der Waals surface area contributed by atoms with Crippen molar-refractivity contribution in [2.24, 2.45) is 0 Å². The van der Waals surface area contributed by atoms with E-state index in [0.717, 1.165) is 50.7 Å². The highest BCUT2D eigenvalue weighted by Gasteiger charge is 2.11. The van der Waals surface area contributed by atoms with Crippen LogP contribution in [0.25, 0.3) is 0 Å². The number of piperazine rings is 1. The number of nitrogens with one attached hydrogen (secondary N) is 2. The van der Waals surface area contributed by atoms with Crippen LogP contribution in [0.15, 0.2) is 10.9 Å². The number of aromatic nitrogens is 2. The molecular weight excluding hydrogens is 204 g/mol. The molecule has 0 radical (unpaired) electrons. The molecule has 16 heavy (non-hydrogen) atoms. The second-order valence-corrected chi connectivity index (χ2v) is 4.06. The van der Waals surface area contributed by atoms with Gasteiger partial charge in [-0.3, -0.25) is 9.69 Å². The predicted molar refractivity (Wildman–Crippen MR) is 62.4 cm³/mol. The second kappa shape index (κ2) is 5.23. The molecule has 5 nitrogen and oxygen atoms in total. The SMILES string of the molecule is CCc1nc(CN2CCNCC2)cc(=O)[nH]1. The van der Waals surface area contributed by atoms with Gasteiger partial charge in [0.05, 0.1) is 5.69 Å². The standard InChI is InChI=1S/C11H18N4O/c1-2-10-13-9(7-11(16)14-10)8-15-5-3-12-4-6-15/h7,12H,2-6,8H2,1H3,(H,13,14,16). The topological polar surface area (TPSA) is 61.0 Å². The molecule has 0 aliphatic carbocycles. The fourth-order valence-corrected chi connectivity index (χ4v) is 1.91. The van der Waals surface area contributed by atoms with Crippen LogP contribution in [0.4, 0.5) is 0 Å². The first-order valence-corrected chi connectivity index (χ1v) is 5.80. The fraction of sp³-hybridized carbons (Fsp3) is 0.636. The Hall–Kier alpha value is -1.20. The average molecular weight is 222 g/mol. The Labute approximate surface area is 94.9 Å². The lowest BCUT2D eigenvalue weighted by atomic mass is 10.3. The lowest BCUT2D eigenvalue weighted by Crippen LogP contribution is -2.43. The van der Waals surface area contributed by atoms with E-state index < -0.39 is 0 Å². The van der Waals surface area contributed by atoms with Gasteiger partial charge in [-0.15, -0.1) is 0 Å². The average Bonchev–Trinajstić information content (AvgIpc) is 2.29. The normalized spacial score (nSPS) is 17.6. The van der Waals surface area contributed by atoms with Gasteiger partial charge in [-0.25, -0.2) is 4.98 Å². The van der Waals surface area contributed by atoms with Gasteiger partial charge in [0.15, 0.2) is 0 Å². The maximum Gasteiger partial charge on any atom is 0.251 e. The van der Waals surface area contributed by atoms with Crippen LogP contribution < -0.4 is 10.9 Å². The largest absolute Gasteiger partial charge is 0.314 e. The van der Waals surface area contributed by atoms with Gasteiger partial charge in [-0.2, -0.15) is 0 Å². The van der Waals surface area contributed by atoms with E-state index in [1.165, 1.54) is 0 Å². The van der Waals surface area contributed by atoms with Crippen molar-refractivity contribution in [3.63, 3.8) is 0 Å². The highest BCUT2D eigenvalue weighted by molar-refractivity contribution is 5.03. The molecule has 0 bridgehead atoms. The smallest absolute Gasteiger partial charge is 0.251 e. The number of hydrogen-bond donors (Lipinski definition) is 2. The summed E-state index contributed by atoms with van der Waals surface area (Å²) in [6.07, 6.45) is 0.768. The van der Waals surface area contributed by atoms with Crippen LogP contribution in [0.1, 0.15) is 18.4 Å². The van der Waals surface area contributed by atoms with Gasteiger partial charge in [0.1, 0.15) is 5.82 Å². The van der Waals surface area contributed by atoms with Crippen LogP contribution in [0.3, 0.4) is 0 Å². The zero-order valence-electron chi connectivity index (χ0n) is 9.62. The maximum atomic E-state index is 11.4. The van der Waals surface area contributed by atoms with E-state index in [1.807, 2.05) is 6.92 Å². The van der Waals surface area contributed by atoms with Gasteiger partial charge in [0, 0.05) is 45.2 Å². The number of hydrogen-bond acceptors (Lipinski definition) is 4. The number of rotatable bonds is 3. The van der Waals surface area contributed by atoms with Crippen LogP contribution in [0.2, 0.25) is 0 Å². The van der Waals surface area contributed by atoms with Gasteiger partial charge >= 0.3 is 0 Å². The summed E-state index contributed by atoms with van der Waals surface area (Å²) in [5.41, 5.74) is 0.833. The fourth-order valence-electron chi connectivity index (χ4n) is 1.91. The van der Waals surface area contributed by atoms with E-state index >= 15 is 0 Å². The lowest BCUT2D eigenvalue weighted by Gasteiger charge is -2.26. The molecule has 0 unspecified atom stereocenters. The van der Waals surface area contributed by atoms with Crippen molar-refractivity contribution in [2.45, 2.75) is 19.9 Å². The third kappa shape index (κ3) is 2.90. The summed E-state index contributed by atoms with van der Waals surface area (Å²) in [6.45, 7) is 6.85. The highest BCUT2D eigenvalue weighted by Crippen LogP contribution is 2.01.